The summed E-state index contributed by atoms with van der Waals surface area (Å²) < 4.78 is 0. The van der Waals surface area contributed by atoms with E-state index >= 15 is 0 Å². The summed E-state index contributed by atoms with van der Waals surface area (Å²) in [6.45, 7) is 0. The first-order valence-corrected chi connectivity index (χ1v) is 6.84. The molecule has 2 aliphatic rings. The van der Waals surface area contributed by atoms with Gasteiger partial charge in [0.25, 0.3) is 11.8 Å². The minimum Gasteiger partial charge on any atom is -0.287 e. The van der Waals surface area contributed by atoms with Gasteiger partial charge in [-0.15, -0.1) is 0 Å². The molecule has 21 heavy (non-hydrogen) atoms. The molecule has 0 bridgehead atoms. The zero-order valence-electron chi connectivity index (χ0n) is 11.3. The van der Waals surface area contributed by atoms with Crippen LogP contribution in [0.2, 0.25) is 0 Å². The van der Waals surface area contributed by atoms with Crippen LogP contribution in [0.4, 0.5) is 0 Å². The number of amides is 2. The Morgan fingerprint density at radius 1 is 1.10 bits per heavy atom. The van der Waals surface area contributed by atoms with Gasteiger partial charge in [-0.1, -0.05) is 0 Å². The van der Waals surface area contributed by atoms with E-state index in [1.54, 1.807) is 0 Å². The second-order valence-corrected chi connectivity index (χ2v) is 5.17. The van der Waals surface area contributed by atoms with Crippen LogP contribution in [-0.4, -0.2) is 43.2 Å². The van der Waals surface area contributed by atoms with Crippen molar-refractivity contribution in [3.8, 4) is 0 Å². The molecule has 2 amide bonds. The standard InChI is InChI=1S/C13H14N4O4/c18-9-3-4-10(19)17(9)21-13(5-1-2-6-13)11(20)12-15-7-14-8-16-12/h7-8H,1-6H2. The highest BCUT2D eigenvalue weighted by molar-refractivity contribution is 6.02. The Kier molecular flexibility index (Phi) is 3.46. The number of carbonyl (C=O) groups excluding carboxylic acids is 3. The molecule has 1 saturated carbocycles. The van der Waals surface area contributed by atoms with Gasteiger partial charge in [0.1, 0.15) is 12.7 Å². The van der Waals surface area contributed by atoms with Gasteiger partial charge >= 0.3 is 0 Å². The molecule has 0 unspecified atom stereocenters. The summed E-state index contributed by atoms with van der Waals surface area (Å²) in [7, 11) is 0. The molecule has 2 heterocycles. The summed E-state index contributed by atoms with van der Waals surface area (Å²) in [4.78, 5) is 53.0. The zero-order valence-corrected chi connectivity index (χ0v) is 11.3. The highest BCUT2D eigenvalue weighted by Crippen LogP contribution is 2.37. The molecule has 1 aliphatic carbocycles. The summed E-state index contributed by atoms with van der Waals surface area (Å²) in [6, 6.07) is 0. The molecule has 1 aromatic heterocycles. The number of imide groups is 1. The molecule has 0 atom stereocenters. The fraction of sp³-hybridized carbons (Fsp3) is 0.538. The van der Waals surface area contributed by atoms with Crippen molar-refractivity contribution in [1.29, 1.82) is 0 Å². The number of nitrogens with zero attached hydrogens (tertiary/aromatic N) is 4. The van der Waals surface area contributed by atoms with Crippen molar-refractivity contribution in [3.05, 3.63) is 18.5 Å². The number of Topliss-reactive ketones (excluding diaryl/α,β-unsaturated/α-hetero) is 1. The van der Waals surface area contributed by atoms with Crippen LogP contribution in [0.1, 0.15) is 49.1 Å². The van der Waals surface area contributed by atoms with Crippen molar-refractivity contribution in [1.82, 2.24) is 20.0 Å². The lowest BCUT2D eigenvalue weighted by Crippen LogP contribution is -2.47. The maximum absolute atomic E-state index is 12.6. The minimum absolute atomic E-state index is 0.00834. The van der Waals surface area contributed by atoms with E-state index in [-0.39, 0.29) is 18.7 Å². The first kappa shape index (κ1) is 13.7. The molecular formula is C13H14N4O4. The summed E-state index contributed by atoms with van der Waals surface area (Å²) in [6.07, 6.45) is 5.15. The Labute approximate surface area is 120 Å². The largest absolute Gasteiger partial charge is 0.287 e. The van der Waals surface area contributed by atoms with Crippen molar-refractivity contribution in [2.45, 2.75) is 44.1 Å². The molecule has 1 aliphatic heterocycles. The Bertz CT molecular complexity index is 567. The van der Waals surface area contributed by atoms with Crippen LogP contribution < -0.4 is 0 Å². The summed E-state index contributed by atoms with van der Waals surface area (Å²) in [5, 5.41) is 0.740. The fourth-order valence-electron chi connectivity index (χ4n) is 2.70. The van der Waals surface area contributed by atoms with Crippen molar-refractivity contribution in [2.75, 3.05) is 0 Å². The highest BCUT2D eigenvalue weighted by atomic mass is 16.7. The number of hydroxylamine groups is 2. The van der Waals surface area contributed by atoms with Crippen LogP contribution in [0.3, 0.4) is 0 Å². The van der Waals surface area contributed by atoms with E-state index in [9.17, 15) is 14.4 Å². The molecule has 0 aromatic carbocycles. The van der Waals surface area contributed by atoms with Crippen LogP contribution in [0.25, 0.3) is 0 Å². The third-order valence-corrected chi connectivity index (χ3v) is 3.79. The number of carbonyl (C=O) groups is 3. The van der Waals surface area contributed by atoms with Crippen molar-refractivity contribution in [3.63, 3.8) is 0 Å². The first-order valence-electron chi connectivity index (χ1n) is 6.84. The Morgan fingerprint density at radius 3 is 2.24 bits per heavy atom. The van der Waals surface area contributed by atoms with Gasteiger partial charge in [0, 0.05) is 12.8 Å². The summed E-state index contributed by atoms with van der Waals surface area (Å²) in [5.41, 5.74) is -1.23. The molecule has 2 fully saturated rings. The second-order valence-electron chi connectivity index (χ2n) is 5.17. The molecule has 0 spiro atoms. The molecule has 8 heteroatoms. The lowest BCUT2D eigenvalue weighted by molar-refractivity contribution is -0.217. The molecule has 110 valence electrons. The zero-order chi connectivity index (χ0) is 14.9. The van der Waals surface area contributed by atoms with Gasteiger partial charge in [-0.05, 0) is 25.7 Å². The van der Waals surface area contributed by atoms with E-state index in [1.165, 1.54) is 12.7 Å². The lowest BCUT2D eigenvalue weighted by atomic mass is 9.96. The number of hydrogen-bond donors (Lipinski definition) is 0. The Balaban J connectivity index is 1.88. The van der Waals surface area contributed by atoms with Gasteiger partial charge < -0.3 is 0 Å². The highest BCUT2D eigenvalue weighted by Gasteiger charge is 2.49. The van der Waals surface area contributed by atoms with Gasteiger partial charge in [0.15, 0.2) is 5.60 Å². The van der Waals surface area contributed by atoms with E-state index in [2.05, 4.69) is 15.0 Å². The number of ketones is 1. The predicted molar refractivity (Wildman–Crippen MR) is 67.5 cm³/mol. The fourth-order valence-corrected chi connectivity index (χ4v) is 2.70. The van der Waals surface area contributed by atoms with Crippen molar-refractivity contribution >= 4 is 17.6 Å². The molecular weight excluding hydrogens is 276 g/mol. The average Bonchev–Trinajstić information content (AvgIpc) is 3.11. The van der Waals surface area contributed by atoms with Gasteiger partial charge in [-0.2, -0.15) is 5.06 Å². The molecule has 8 nitrogen and oxygen atoms in total. The third-order valence-electron chi connectivity index (χ3n) is 3.79. The smallest absolute Gasteiger partial charge is 0.254 e. The predicted octanol–water partition coefficient (Wildman–Crippen LogP) is 0.448. The quantitative estimate of drug-likeness (QED) is 0.585. The molecule has 3 rings (SSSR count). The van der Waals surface area contributed by atoms with Crippen molar-refractivity contribution < 1.29 is 19.2 Å². The number of hydrogen-bond acceptors (Lipinski definition) is 7. The molecule has 0 radical (unpaired) electrons. The van der Waals surface area contributed by atoms with Crippen LogP contribution in [0, 0.1) is 0 Å². The lowest BCUT2D eigenvalue weighted by Gasteiger charge is -2.29. The summed E-state index contributed by atoms with van der Waals surface area (Å²) in [5.74, 6) is -1.23. The van der Waals surface area contributed by atoms with Crippen LogP contribution >= 0.6 is 0 Å². The van der Waals surface area contributed by atoms with E-state index in [1.807, 2.05) is 0 Å². The topological polar surface area (TPSA) is 102 Å². The molecule has 0 N–H and O–H groups in total. The van der Waals surface area contributed by atoms with Crippen LogP contribution in [0.15, 0.2) is 12.7 Å². The molecule has 1 aromatic rings. The Hall–Kier alpha value is -2.22. The second kappa shape index (κ2) is 5.28. The van der Waals surface area contributed by atoms with E-state index in [0.717, 1.165) is 17.9 Å². The maximum atomic E-state index is 12.6. The van der Waals surface area contributed by atoms with Crippen LogP contribution in [0.5, 0.6) is 0 Å². The van der Waals surface area contributed by atoms with Gasteiger partial charge in [-0.3, -0.25) is 14.4 Å². The van der Waals surface area contributed by atoms with Gasteiger partial charge in [-0.25, -0.2) is 19.8 Å². The molecule has 1 saturated heterocycles. The SMILES string of the molecule is O=C1CCC(=O)N1OC1(C(=O)c2ncncn2)CCCC1. The monoisotopic (exact) mass is 290 g/mol. The van der Waals surface area contributed by atoms with Crippen LogP contribution in [-0.2, 0) is 14.4 Å². The van der Waals surface area contributed by atoms with Crippen molar-refractivity contribution in [2.24, 2.45) is 0 Å². The van der Waals surface area contributed by atoms with Gasteiger partial charge in [0.2, 0.25) is 11.6 Å². The van der Waals surface area contributed by atoms with E-state index in [0.29, 0.717) is 12.8 Å². The normalized spacial score (nSPS) is 21.0. The summed E-state index contributed by atoms with van der Waals surface area (Å²) >= 11 is 0. The van der Waals surface area contributed by atoms with Gasteiger partial charge in [0.05, 0.1) is 0 Å². The minimum atomic E-state index is -1.23. The first-order chi connectivity index (χ1) is 10.1. The maximum Gasteiger partial charge on any atom is 0.254 e. The van der Waals surface area contributed by atoms with E-state index < -0.39 is 23.2 Å². The van der Waals surface area contributed by atoms with E-state index in [4.69, 9.17) is 4.84 Å². The number of rotatable bonds is 4. The average molecular weight is 290 g/mol. The Morgan fingerprint density at radius 2 is 1.67 bits per heavy atom. The third kappa shape index (κ3) is 2.42. The number of aromatic nitrogens is 3.